The van der Waals surface area contributed by atoms with E-state index in [4.69, 9.17) is 0 Å². The Labute approximate surface area is 108 Å². The van der Waals surface area contributed by atoms with Crippen molar-refractivity contribution in [2.24, 2.45) is 0 Å². The quantitative estimate of drug-likeness (QED) is 0.892. The molecular weight excluding hydrogens is 222 g/mol. The van der Waals surface area contributed by atoms with Gasteiger partial charge in [0.25, 0.3) is 0 Å². The number of aromatic nitrogens is 2. The minimum Gasteiger partial charge on any atom is -0.376 e. The molecule has 3 heteroatoms. The van der Waals surface area contributed by atoms with E-state index < -0.39 is 0 Å². The summed E-state index contributed by atoms with van der Waals surface area (Å²) in [5, 5.41) is 8.05. The summed E-state index contributed by atoms with van der Waals surface area (Å²) in [5.74, 6) is 0. The lowest BCUT2D eigenvalue weighted by Crippen LogP contribution is -2.21. The van der Waals surface area contributed by atoms with Gasteiger partial charge in [-0.3, -0.25) is 4.68 Å². The molecule has 0 saturated carbocycles. The highest BCUT2D eigenvalue weighted by atomic mass is 15.3. The molecule has 1 aromatic heterocycles. The monoisotopic (exact) mass is 241 g/mol. The summed E-state index contributed by atoms with van der Waals surface area (Å²) < 4.78 is 2.13. The number of fused-ring (bicyclic) bond motifs is 1. The summed E-state index contributed by atoms with van der Waals surface area (Å²) in [4.78, 5) is 0. The Bertz CT molecular complexity index is 530. The molecular formula is C15H19N3. The lowest BCUT2D eigenvalue weighted by Gasteiger charge is -2.27. The van der Waals surface area contributed by atoms with Crippen molar-refractivity contribution in [3.8, 4) is 0 Å². The number of anilines is 1. The molecule has 2 heterocycles. The van der Waals surface area contributed by atoms with Gasteiger partial charge < -0.3 is 5.32 Å². The lowest BCUT2D eigenvalue weighted by molar-refractivity contribution is 0.532. The second-order valence-electron chi connectivity index (χ2n) is 4.87. The third-order valence-electron chi connectivity index (χ3n) is 3.59. The molecule has 0 radical (unpaired) electrons. The molecule has 94 valence electrons. The molecule has 0 spiro atoms. The van der Waals surface area contributed by atoms with Gasteiger partial charge in [0.05, 0.1) is 11.7 Å². The maximum atomic E-state index is 4.41. The van der Waals surface area contributed by atoms with Crippen LogP contribution in [0.2, 0.25) is 0 Å². The Morgan fingerprint density at radius 3 is 3.11 bits per heavy atom. The first-order chi connectivity index (χ1) is 8.88. The first-order valence-electron chi connectivity index (χ1n) is 6.74. The van der Waals surface area contributed by atoms with Crippen LogP contribution in [0.15, 0.2) is 36.5 Å². The van der Waals surface area contributed by atoms with Crippen molar-refractivity contribution in [1.29, 1.82) is 0 Å². The van der Waals surface area contributed by atoms with Crippen LogP contribution in [0.25, 0.3) is 0 Å². The number of para-hydroxylation sites is 1. The highest BCUT2D eigenvalue weighted by Crippen LogP contribution is 2.32. The normalized spacial score (nSPS) is 18.2. The number of benzene rings is 1. The fourth-order valence-electron chi connectivity index (χ4n) is 2.70. The molecule has 0 bridgehead atoms. The summed E-state index contributed by atoms with van der Waals surface area (Å²) in [6, 6.07) is 11.1. The number of hydrogen-bond acceptors (Lipinski definition) is 2. The van der Waals surface area contributed by atoms with Crippen LogP contribution in [0.5, 0.6) is 0 Å². The van der Waals surface area contributed by atoms with Gasteiger partial charge in [-0.05, 0) is 37.0 Å². The van der Waals surface area contributed by atoms with E-state index in [1.807, 2.05) is 6.20 Å². The molecule has 3 rings (SSSR count). The number of hydrogen-bond donors (Lipinski definition) is 1. The van der Waals surface area contributed by atoms with Crippen LogP contribution in [0.4, 0.5) is 5.69 Å². The fourth-order valence-corrected chi connectivity index (χ4v) is 2.70. The van der Waals surface area contributed by atoms with E-state index in [1.165, 1.54) is 16.9 Å². The molecule has 18 heavy (non-hydrogen) atoms. The molecule has 0 amide bonds. The van der Waals surface area contributed by atoms with E-state index in [9.17, 15) is 0 Å². The van der Waals surface area contributed by atoms with Gasteiger partial charge in [-0.1, -0.05) is 25.1 Å². The number of nitrogens with one attached hydrogen (secondary N) is 1. The Kier molecular flexibility index (Phi) is 3.05. The molecule has 0 fully saturated rings. The van der Waals surface area contributed by atoms with Gasteiger partial charge in [0, 0.05) is 18.4 Å². The average molecular weight is 241 g/mol. The van der Waals surface area contributed by atoms with Crippen LogP contribution in [-0.4, -0.2) is 9.78 Å². The van der Waals surface area contributed by atoms with E-state index >= 15 is 0 Å². The number of aryl methyl sites for hydroxylation is 2. The Hall–Kier alpha value is -1.77. The molecule has 0 aliphatic carbocycles. The van der Waals surface area contributed by atoms with E-state index in [2.05, 4.69) is 52.4 Å². The standard InChI is InChI=1S/C15H19N3/c1-2-11-18-15(9-10-16-18)14-8-7-12-5-3-4-6-13(12)17-14/h3-6,9-10,14,17H,2,7-8,11H2,1H3. The molecule has 1 atom stereocenters. The molecule has 1 N–H and O–H groups in total. The van der Waals surface area contributed by atoms with Crippen molar-refractivity contribution in [1.82, 2.24) is 9.78 Å². The third-order valence-corrected chi connectivity index (χ3v) is 3.59. The zero-order chi connectivity index (χ0) is 12.4. The van der Waals surface area contributed by atoms with E-state index in [0.717, 1.165) is 25.8 Å². The van der Waals surface area contributed by atoms with Gasteiger partial charge in [0.2, 0.25) is 0 Å². The molecule has 1 aliphatic rings. The van der Waals surface area contributed by atoms with Crippen molar-refractivity contribution in [3.63, 3.8) is 0 Å². The van der Waals surface area contributed by atoms with Gasteiger partial charge in [-0.25, -0.2) is 0 Å². The number of rotatable bonds is 3. The van der Waals surface area contributed by atoms with Crippen molar-refractivity contribution >= 4 is 5.69 Å². The molecule has 1 aliphatic heterocycles. The maximum Gasteiger partial charge on any atom is 0.0685 e. The Balaban J connectivity index is 1.85. The SMILES string of the molecule is CCCn1nccc1C1CCc2ccccc2N1. The minimum atomic E-state index is 0.397. The highest BCUT2D eigenvalue weighted by molar-refractivity contribution is 5.54. The summed E-state index contributed by atoms with van der Waals surface area (Å²) >= 11 is 0. The smallest absolute Gasteiger partial charge is 0.0685 e. The van der Waals surface area contributed by atoms with Crippen LogP contribution >= 0.6 is 0 Å². The van der Waals surface area contributed by atoms with Gasteiger partial charge in [-0.2, -0.15) is 5.10 Å². The van der Waals surface area contributed by atoms with Crippen LogP contribution in [-0.2, 0) is 13.0 Å². The topological polar surface area (TPSA) is 29.9 Å². The maximum absolute atomic E-state index is 4.41. The van der Waals surface area contributed by atoms with Gasteiger partial charge in [0.15, 0.2) is 0 Å². The molecule has 2 aromatic rings. The molecule has 0 saturated heterocycles. The van der Waals surface area contributed by atoms with Crippen LogP contribution in [0, 0.1) is 0 Å². The van der Waals surface area contributed by atoms with Gasteiger partial charge in [0.1, 0.15) is 0 Å². The van der Waals surface area contributed by atoms with E-state index in [1.54, 1.807) is 0 Å². The highest BCUT2D eigenvalue weighted by Gasteiger charge is 2.21. The summed E-state index contributed by atoms with van der Waals surface area (Å²) in [5.41, 5.74) is 4.01. The van der Waals surface area contributed by atoms with Crippen molar-refractivity contribution in [3.05, 3.63) is 47.8 Å². The van der Waals surface area contributed by atoms with Gasteiger partial charge >= 0.3 is 0 Å². The van der Waals surface area contributed by atoms with Gasteiger partial charge in [-0.15, -0.1) is 0 Å². The van der Waals surface area contributed by atoms with E-state index in [-0.39, 0.29) is 0 Å². The zero-order valence-electron chi connectivity index (χ0n) is 10.8. The summed E-state index contributed by atoms with van der Waals surface area (Å²) in [6.45, 7) is 3.19. The number of nitrogens with zero attached hydrogens (tertiary/aromatic N) is 2. The first-order valence-corrected chi connectivity index (χ1v) is 6.74. The molecule has 3 nitrogen and oxygen atoms in total. The minimum absolute atomic E-state index is 0.397. The van der Waals surface area contributed by atoms with E-state index in [0.29, 0.717) is 6.04 Å². The molecule has 1 unspecified atom stereocenters. The average Bonchev–Trinajstić information content (AvgIpc) is 2.87. The first kappa shape index (κ1) is 11.3. The van der Waals surface area contributed by atoms with Crippen LogP contribution in [0.3, 0.4) is 0 Å². The van der Waals surface area contributed by atoms with Crippen LogP contribution in [0.1, 0.15) is 37.1 Å². The van der Waals surface area contributed by atoms with Crippen LogP contribution < -0.4 is 5.32 Å². The fraction of sp³-hybridized carbons (Fsp3) is 0.400. The predicted octanol–water partition coefficient (Wildman–Crippen LogP) is 3.39. The Morgan fingerprint density at radius 2 is 2.22 bits per heavy atom. The van der Waals surface area contributed by atoms with Crippen molar-refractivity contribution in [2.75, 3.05) is 5.32 Å². The summed E-state index contributed by atoms with van der Waals surface area (Å²) in [6.07, 6.45) is 5.32. The largest absolute Gasteiger partial charge is 0.376 e. The lowest BCUT2D eigenvalue weighted by atomic mass is 9.96. The zero-order valence-corrected chi connectivity index (χ0v) is 10.8. The van der Waals surface area contributed by atoms with Crippen molar-refractivity contribution < 1.29 is 0 Å². The second kappa shape index (κ2) is 4.84. The third kappa shape index (κ3) is 2.01. The second-order valence-corrected chi connectivity index (χ2v) is 4.87. The Morgan fingerprint density at radius 1 is 1.33 bits per heavy atom. The predicted molar refractivity (Wildman–Crippen MR) is 73.6 cm³/mol. The summed E-state index contributed by atoms with van der Waals surface area (Å²) in [7, 11) is 0. The molecule has 1 aromatic carbocycles. The van der Waals surface area contributed by atoms with Crippen molar-refractivity contribution in [2.45, 2.75) is 38.8 Å².